The Labute approximate surface area is 145 Å². The largest absolute Gasteiger partial charge is 0.417 e. The van der Waals surface area contributed by atoms with Crippen LogP contribution in [0.5, 0.6) is 0 Å². The molecule has 0 aliphatic carbocycles. The highest BCUT2D eigenvalue weighted by Gasteiger charge is 2.40. The van der Waals surface area contributed by atoms with Crippen molar-refractivity contribution in [2.24, 2.45) is 5.92 Å². The minimum Gasteiger partial charge on any atom is -0.354 e. The molecule has 0 aromatic heterocycles. The van der Waals surface area contributed by atoms with Crippen molar-refractivity contribution < 1.29 is 26.4 Å². The van der Waals surface area contributed by atoms with Crippen LogP contribution in [-0.2, 0) is 21.0 Å². The number of nitrogens with one attached hydrogen (secondary N) is 1. The number of carbonyl (C=O) groups is 1. The summed E-state index contributed by atoms with van der Waals surface area (Å²) in [4.78, 5) is 11.2. The highest BCUT2D eigenvalue weighted by molar-refractivity contribution is 7.89. The van der Waals surface area contributed by atoms with Crippen LogP contribution in [0.25, 0.3) is 0 Å². The Morgan fingerprint density at radius 1 is 1.20 bits per heavy atom. The highest BCUT2D eigenvalue weighted by atomic mass is 32.2. The van der Waals surface area contributed by atoms with Crippen LogP contribution in [0.1, 0.15) is 32.3 Å². The van der Waals surface area contributed by atoms with E-state index in [2.05, 4.69) is 5.32 Å². The van der Waals surface area contributed by atoms with E-state index in [1.807, 2.05) is 13.8 Å². The van der Waals surface area contributed by atoms with Gasteiger partial charge in [0.1, 0.15) is 0 Å². The lowest BCUT2D eigenvalue weighted by atomic mass is 9.97. The third-order valence-corrected chi connectivity index (χ3v) is 6.02. The van der Waals surface area contributed by atoms with Crippen molar-refractivity contribution in [2.45, 2.75) is 43.8 Å². The normalized spacial score (nSPS) is 17.7. The maximum absolute atomic E-state index is 13.1. The van der Waals surface area contributed by atoms with Gasteiger partial charge in [-0.25, -0.2) is 8.42 Å². The van der Waals surface area contributed by atoms with Crippen molar-refractivity contribution in [3.8, 4) is 0 Å². The van der Waals surface area contributed by atoms with Crippen molar-refractivity contribution in [1.29, 1.82) is 0 Å². The van der Waals surface area contributed by atoms with E-state index in [0.717, 1.165) is 22.5 Å². The van der Waals surface area contributed by atoms with Crippen molar-refractivity contribution in [3.05, 3.63) is 29.8 Å². The van der Waals surface area contributed by atoms with Crippen LogP contribution in [0.15, 0.2) is 29.2 Å². The molecule has 2 rings (SSSR count). The number of rotatable bonds is 4. The molecule has 1 aliphatic heterocycles. The number of piperidine rings is 1. The highest BCUT2D eigenvalue weighted by Crippen LogP contribution is 2.36. The Bertz CT molecular complexity index is 724. The molecule has 1 heterocycles. The van der Waals surface area contributed by atoms with Crippen LogP contribution in [0, 0.1) is 5.92 Å². The fourth-order valence-electron chi connectivity index (χ4n) is 2.83. The van der Waals surface area contributed by atoms with Crippen LogP contribution in [0.4, 0.5) is 13.2 Å². The van der Waals surface area contributed by atoms with Crippen molar-refractivity contribution in [2.75, 3.05) is 13.1 Å². The molecule has 0 bridgehead atoms. The summed E-state index contributed by atoms with van der Waals surface area (Å²) >= 11 is 0. The number of alkyl halides is 3. The van der Waals surface area contributed by atoms with Crippen molar-refractivity contribution in [3.63, 3.8) is 0 Å². The zero-order valence-corrected chi connectivity index (χ0v) is 14.8. The summed E-state index contributed by atoms with van der Waals surface area (Å²) in [5.41, 5.74) is -1.17. The van der Waals surface area contributed by atoms with Crippen LogP contribution < -0.4 is 5.32 Å². The van der Waals surface area contributed by atoms with E-state index >= 15 is 0 Å². The molecule has 9 heteroatoms. The van der Waals surface area contributed by atoms with Gasteiger partial charge in [-0.2, -0.15) is 17.5 Å². The smallest absolute Gasteiger partial charge is 0.354 e. The molecule has 0 unspecified atom stereocenters. The second-order valence-electron chi connectivity index (χ2n) is 6.34. The fourth-order valence-corrected chi connectivity index (χ4v) is 4.51. The summed E-state index contributed by atoms with van der Waals surface area (Å²) in [7, 11) is -4.27. The zero-order valence-electron chi connectivity index (χ0n) is 14.0. The molecule has 140 valence electrons. The molecule has 1 aromatic rings. The van der Waals surface area contributed by atoms with E-state index in [9.17, 15) is 26.4 Å². The van der Waals surface area contributed by atoms with Gasteiger partial charge < -0.3 is 5.32 Å². The molecule has 1 N–H and O–H groups in total. The van der Waals surface area contributed by atoms with Crippen molar-refractivity contribution >= 4 is 15.9 Å². The van der Waals surface area contributed by atoms with Gasteiger partial charge in [0.2, 0.25) is 15.9 Å². The molecule has 1 aliphatic rings. The Kier molecular flexibility index (Phi) is 5.78. The predicted molar refractivity (Wildman–Crippen MR) is 86.2 cm³/mol. The predicted octanol–water partition coefficient (Wildman–Crippen LogP) is 2.63. The average Bonchev–Trinajstić information content (AvgIpc) is 2.53. The molecule has 5 nitrogen and oxygen atoms in total. The molecule has 0 radical (unpaired) electrons. The second-order valence-corrected chi connectivity index (χ2v) is 8.24. The van der Waals surface area contributed by atoms with Crippen LogP contribution in [0.3, 0.4) is 0 Å². The van der Waals surface area contributed by atoms with Gasteiger partial charge in [0.05, 0.1) is 10.5 Å². The van der Waals surface area contributed by atoms with E-state index in [-0.39, 0.29) is 43.8 Å². The lowest BCUT2D eigenvalue weighted by molar-refractivity contribution is -0.139. The SMILES string of the molecule is CC(C)NC(=O)C1CCN(S(=O)(=O)c2ccccc2C(F)(F)F)CC1. The molecule has 1 fully saturated rings. The van der Waals surface area contributed by atoms with E-state index in [0.29, 0.717) is 0 Å². The monoisotopic (exact) mass is 378 g/mol. The van der Waals surface area contributed by atoms with Gasteiger partial charge in [-0.3, -0.25) is 4.79 Å². The molecular weight excluding hydrogens is 357 g/mol. The minimum absolute atomic E-state index is 0.0186. The average molecular weight is 378 g/mol. The quantitative estimate of drug-likeness (QED) is 0.876. The van der Waals surface area contributed by atoms with Gasteiger partial charge in [0.15, 0.2) is 0 Å². The van der Waals surface area contributed by atoms with Gasteiger partial charge in [-0.15, -0.1) is 0 Å². The van der Waals surface area contributed by atoms with Crippen LogP contribution >= 0.6 is 0 Å². The maximum Gasteiger partial charge on any atom is 0.417 e. The van der Waals surface area contributed by atoms with Gasteiger partial charge in [-0.1, -0.05) is 12.1 Å². The number of hydrogen-bond donors (Lipinski definition) is 1. The summed E-state index contributed by atoms with van der Waals surface area (Å²) in [5, 5.41) is 2.77. The molecule has 25 heavy (non-hydrogen) atoms. The van der Waals surface area contributed by atoms with E-state index in [4.69, 9.17) is 0 Å². The first-order chi connectivity index (χ1) is 11.5. The lowest BCUT2D eigenvalue weighted by Crippen LogP contribution is -2.44. The van der Waals surface area contributed by atoms with Crippen LogP contribution in [0.2, 0.25) is 0 Å². The summed E-state index contributed by atoms with van der Waals surface area (Å²) in [6, 6.07) is 4.13. The van der Waals surface area contributed by atoms with Gasteiger partial charge in [-0.05, 0) is 38.8 Å². The first-order valence-electron chi connectivity index (χ1n) is 8.00. The third-order valence-electron chi connectivity index (χ3n) is 4.07. The number of halogens is 3. The van der Waals surface area contributed by atoms with Gasteiger partial charge >= 0.3 is 6.18 Å². The van der Waals surface area contributed by atoms with Gasteiger partial charge in [0.25, 0.3) is 0 Å². The Morgan fingerprint density at radius 2 is 1.76 bits per heavy atom. The molecule has 1 aromatic carbocycles. The van der Waals surface area contributed by atoms with E-state index < -0.39 is 26.7 Å². The van der Waals surface area contributed by atoms with Gasteiger partial charge in [0, 0.05) is 25.0 Å². The number of sulfonamides is 1. The minimum atomic E-state index is -4.75. The molecule has 1 amide bonds. The first kappa shape index (κ1) is 19.7. The summed E-state index contributed by atoms with van der Waals surface area (Å²) in [5.74, 6) is -0.477. The number of benzene rings is 1. The van der Waals surface area contributed by atoms with E-state index in [1.165, 1.54) is 6.07 Å². The second kappa shape index (κ2) is 7.33. The topological polar surface area (TPSA) is 66.5 Å². The van der Waals surface area contributed by atoms with E-state index in [1.54, 1.807) is 0 Å². The Hall–Kier alpha value is -1.61. The first-order valence-corrected chi connectivity index (χ1v) is 9.44. The number of carbonyl (C=O) groups excluding carboxylic acids is 1. The fraction of sp³-hybridized carbons (Fsp3) is 0.562. The summed E-state index contributed by atoms with van der Waals surface area (Å²) < 4.78 is 65.6. The maximum atomic E-state index is 13.1. The van der Waals surface area contributed by atoms with Crippen LogP contribution in [-0.4, -0.2) is 37.8 Å². The standard InChI is InChI=1S/C16H21F3N2O3S/c1-11(2)20-15(22)12-7-9-21(10-8-12)25(23,24)14-6-4-3-5-13(14)16(17,18)19/h3-6,11-12H,7-10H2,1-2H3,(H,20,22). The molecule has 0 spiro atoms. The molecule has 0 saturated carbocycles. The zero-order chi connectivity index (χ0) is 18.8. The molecule has 0 atom stereocenters. The number of hydrogen-bond acceptors (Lipinski definition) is 3. The lowest BCUT2D eigenvalue weighted by Gasteiger charge is -2.31. The summed E-state index contributed by atoms with van der Waals surface area (Å²) in [6.07, 6.45) is -4.18. The molecular formula is C16H21F3N2O3S. The Balaban J connectivity index is 2.17. The number of nitrogens with zero attached hydrogens (tertiary/aromatic N) is 1. The van der Waals surface area contributed by atoms with Crippen molar-refractivity contribution in [1.82, 2.24) is 9.62 Å². The number of amides is 1. The third kappa shape index (κ3) is 4.52. The Morgan fingerprint density at radius 3 is 2.28 bits per heavy atom. The molecule has 1 saturated heterocycles. The summed E-state index contributed by atoms with van der Waals surface area (Å²) in [6.45, 7) is 3.69.